The number of hydrogen-bond acceptors (Lipinski definition) is 5. The predicted molar refractivity (Wildman–Crippen MR) is 68.5 cm³/mol. The number of aromatic hydroxyl groups is 1. The lowest BCUT2D eigenvalue weighted by molar-refractivity contribution is 0.477. The maximum Gasteiger partial charge on any atom is 0.270 e. The molecule has 0 aliphatic carbocycles. The first kappa shape index (κ1) is 12.2. The topological polar surface area (TPSA) is 89.8 Å². The lowest BCUT2D eigenvalue weighted by atomic mass is 10.1. The smallest absolute Gasteiger partial charge is 0.270 e. The van der Waals surface area contributed by atoms with Crippen LogP contribution in [0.1, 0.15) is 5.56 Å². The standard InChI is InChI=1S/C12H9N3O2S/c1-18-12-14-10(8(6-13)11(17)15-12)7-4-2-3-5-9(7)16/h2-5,16H,1H3,(H,14,15,17). The largest absolute Gasteiger partial charge is 0.507 e. The highest BCUT2D eigenvalue weighted by molar-refractivity contribution is 7.98. The molecule has 0 aliphatic heterocycles. The first-order chi connectivity index (χ1) is 8.67. The summed E-state index contributed by atoms with van der Waals surface area (Å²) in [6, 6.07) is 8.28. The number of aromatic amines is 1. The Morgan fingerprint density at radius 2 is 2.17 bits per heavy atom. The SMILES string of the molecule is CSc1nc(-c2ccccc2O)c(C#N)c(=O)[nH]1. The molecule has 0 radical (unpaired) electrons. The fraction of sp³-hybridized carbons (Fsp3) is 0.0833. The minimum absolute atomic E-state index is 0.0147. The maximum atomic E-state index is 11.7. The van der Waals surface area contributed by atoms with Gasteiger partial charge in [0.15, 0.2) is 5.16 Å². The van der Waals surface area contributed by atoms with Gasteiger partial charge in [-0.15, -0.1) is 0 Å². The molecule has 6 heteroatoms. The van der Waals surface area contributed by atoms with Gasteiger partial charge in [-0.1, -0.05) is 23.9 Å². The van der Waals surface area contributed by atoms with Crippen molar-refractivity contribution in [2.45, 2.75) is 5.16 Å². The van der Waals surface area contributed by atoms with E-state index < -0.39 is 5.56 Å². The molecule has 0 aliphatic rings. The van der Waals surface area contributed by atoms with Gasteiger partial charge in [-0.05, 0) is 18.4 Å². The van der Waals surface area contributed by atoms with E-state index in [2.05, 4.69) is 9.97 Å². The normalized spacial score (nSPS) is 10.0. The van der Waals surface area contributed by atoms with Crippen LogP contribution >= 0.6 is 11.8 Å². The fourth-order valence-corrected chi connectivity index (χ4v) is 1.90. The Balaban J connectivity index is 2.78. The van der Waals surface area contributed by atoms with Crippen molar-refractivity contribution in [3.8, 4) is 23.1 Å². The summed E-state index contributed by atoms with van der Waals surface area (Å²) in [5.74, 6) is -0.0147. The van der Waals surface area contributed by atoms with Crippen LogP contribution < -0.4 is 5.56 Å². The molecule has 5 nitrogen and oxygen atoms in total. The van der Waals surface area contributed by atoms with Gasteiger partial charge in [0.25, 0.3) is 5.56 Å². The number of nitrogens with one attached hydrogen (secondary N) is 1. The molecule has 1 aromatic heterocycles. The van der Waals surface area contributed by atoms with Gasteiger partial charge in [0.05, 0.1) is 0 Å². The van der Waals surface area contributed by atoms with Crippen LogP contribution in [0, 0.1) is 11.3 Å². The van der Waals surface area contributed by atoms with Crippen molar-refractivity contribution < 1.29 is 5.11 Å². The highest BCUT2D eigenvalue weighted by Gasteiger charge is 2.15. The molecule has 0 bridgehead atoms. The summed E-state index contributed by atoms with van der Waals surface area (Å²) in [7, 11) is 0. The Bertz CT molecular complexity index is 688. The molecular formula is C12H9N3O2S. The van der Waals surface area contributed by atoms with E-state index in [1.54, 1.807) is 24.5 Å². The number of rotatable bonds is 2. The number of thioether (sulfide) groups is 1. The van der Waals surface area contributed by atoms with Gasteiger partial charge in [-0.3, -0.25) is 4.79 Å². The zero-order chi connectivity index (χ0) is 13.1. The molecule has 18 heavy (non-hydrogen) atoms. The Labute approximate surface area is 107 Å². The van der Waals surface area contributed by atoms with Crippen LogP contribution in [0.15, 0.2) is 34.2 Å². The number of aromatic nitrogens is 2. The molecular weight excluding hydrogens is 250 g/mol. The first-order valence-electron chi connectivity index (χ1n) is 5.04. The predicted octanol–water partition coefficient (Wildman–Crippen LogP) is 1.74. The number of benzene rings is 1. The van der Waals surface area contributed by atoms with Crippen molar-refractivity contribution >= 4 is 11.8 Å². The van der Waals surface area contributed by atoms with E-state index in [1.807, 2.05) is 6.07 Å². The summed E-state index contributed by atoms with van der Waals surface area (Å²) in [4.78, 5) is 18.4. The van der Waals surface area contributed by atoms with Crippen molar-refractivity contribution in [2.75, 3.05) is 6.26 Å². The molecule has 2 rings (SSSR count). The van der Waals surface area contributed by atoms with Crippen molar-refractivity contribution in [1.82, 2.24) is 9.97 Å². The number of hydrogen-bond donors (Lipinski definition) is 2. The van der Waals surface area contributed by atoms with Crippen LogP contribution in [0.25, 0.3) is 11.3 Å². The lowest BCUT2D eigenvalue weighted by Crippen LogP contribution is -2.14. The molecule has 90 valence electrons. The Hall–Kier alpha value is -2.26. The van der Waals surface area contributed by atoms with Gasteiger partial charge in [0, 0.05) is 5.56 Å². The van der Waals surface area contributed by atoms with E-state index in [0.717, 1.165) is 0 Å². The molecule has 0 fully saturated rings. The zero-order valence-corrected chi connectivity index (χ0v) is 10.3. The summed E-state index contributed by atoms with van der Waals surface area (Å²) in [6.45, 7) is 0. The molecule has 0 spiro atoms. The summed E-state index contributed by atoms with van der Waals surface area (Å²) in [6.07, 6.45) is 1.76. The van der Waals surface area contributed by atoms with Crippen LogP contribution in [0.5, 0.6) is 5.75 Å². The van der Waals surface area contributed by atoms with Crippen LogP contribution in [0.3, 0.4) is 0 Å². The highest BCUT2D eigenvalue weighted by atomic mass is 32.2. The van der Waals surface area contributed by atoms with Crippen LogP contribution in [0.4, 0.5) is 0 Å². The molecule has 1 aromatic carbocycles. The van der Waals surface area contributed by atoms with Crippen LogP contribution in [-0.2, 0) is 0 Å². The van der Waals surface area contributed by atoms with E-state index in [-0.39, 0.29) is 17.0 Å². The third-order valence-electron chi connectivity index (χ3n) is 2.36. The Morgan fingerprint density at radius 3 is 2.78 bits per heavy atom. The van der Waals surface area contributed by atoms with Gasteiger partial charge < -0.3 is 10.1 Å². The van der Waals surface area contributed by atoms with E-state index in [0.29, 0.717) is 10.7 Å². The number of phenols is 1. The van der Waals surface area contributed by atoms with E-state index in [9.17, 15) is 9.90 Å². The van der Waals surface area contributed by atoms with Crippen molar-refractivity contribution in [3.63, 3.8) is 0 Å². The maximum absolute atomic E-state index is 11.7. The van der Waals surface area contributed by atoms with E-state index in [4.69, 9.17) is 5.26 Å². The molecule has 0 saturated heterocycles. The second-order valence-corrected chi connectivity index (χ2v) is 4.22. The van der Waals surface area contributed by atoms with Gasteiger partial charge in [-0.25, -0.2) is 4.98 Å². The minimum Gasteiger partial charge on any atom is -0.507 e. The molecule has 2 aromatic rings. The third kappa shape index (κ3) is 2.08. The monoisotopic (exact) mass is 259 g/mol. The number of H-pyrrole nitrogens is 1. The van der Waals surface area contributed by atoms with Gasteiger partial charge in [-0.2, -0.15) is 5.26 Å². The van der Waals surface area contributed by atoms with Crippen molar-refractivity contribution in [1.29, 1.82) is 5.26 Å². The van der Waals surface area contributed by atoms with Crippen molar-refractivity contribution in [2.24, 2.45) is 0 Å². The molecule has 0 saturated carbocycles. The number of para-hydroxylation sites is 1. The third-order valence-corrected chi connectivity index (χ3v) is 2.94. The lowest BCUT2D eigenvalue weighted by Gasteiger charge is -2.06. The summed E-state index contributed by atoms with van der Waals surface area (Å²) < 4.78 is 0. The van der Waals surface area contributed by atoms with Crippen molar-refractivity contribution in [3.05, 3.63) is 40.2 Å². The Kier molecular flexibility index (Phi) is 3.35. The minimum atomic E-state index is -0.505. The fourth-order valence-electron chi connectivity index (χ4n) is 1.52. The molecule has 0 amide bonds. The van der Waals surface area contributed by atoms with Gasteiger partial charge in [0.2, 0.25) is 0 Å². The number of phenolic OH excluding ortho intramolecular Hbond substituents is 1. The molecule has 2 N–H and O–H groups in total. The van der Waals surface area contributed by atoms with Gasteiger partial charge in [0.1, 0.15) is 23.1 Å². The Morgan fingerprint density at radius 1 is 1.44 bits per heavy atom. The van der Waals surface area contributed by atoms with E-state index in [1.165, 1.54) is 17.8 Å². The number of nitrogens with zero attached hydrogens (tertiary/aromatic N) is 2. The molecule has 1 heterocycles. The molecule has 0 unspecified atom stereocenters. The van der Waals surface area contributed by atoms with Crippen LogP contribution in [-0.4, -0.2) is 21.3 Å². The molecule has 0 atom stereocenters. The van der Waals surface area contributed by atoms with Gasteiger partial charge >= 0.3 is 0 Å². The summed E-state index contributed by atoms with van der Waals surface area (Å²) in [5, 5.41) is 19.2. The average molecular weight is 259 g/mol. The highest BCUT2D eigenvalue weighted by Crippen LogP contribution is 2.28. The summed E-state index contributed by atoms with van der Waals surface area (Å²) in [5.41, 5.74) is -0.0384. The summed E-state index contributed by atoms with van der Waals surface area (Å²) >= 11 is 1.26. The first-order valence-corrected chi connectivity index (χ1v) is 6.26. The van der Waals surface area contributed by atoms with Crippen LogP contribution in [0.2, 0.25) is 0 Å². The zero-order valence-electron chi connectivity index (χ0n) is 9.47. The second kappa shape index (κ2) is 4.94. The second-order valence-electron chi connectivity index (χ2n) is 3.43. The van der Waals surface area contributed by atoms with E-state index >= 15 is 0 Å². The average Bonchev–Trinajstić information content (AvgIpc) is 2.38. The quantitative estimate of drug-likeness (QED) is 0.633. The number of nitriles is 1.